The number of piperidine rings is 1. The van der Waals surface area contributed by atoms with Crippen LogP contribution in [-0.2, 0) is 11.3 Å². The highest BCUT2D eigenvalue weighted by Gasteiger charge is 2.25. The van der Waals surface area contributed by atoms with E-state index in [4.69, 9.17) is 4.74 Å². The van der Waals surface area contributed by atoms with E-state index in [0.29, 0.717) is 25.6 Å². The molecular formula is C17H19N3O2. The lowest BCUT2D eigenvalue weighted by atomic mass is 9.93. The SMILES string of the molecule is O=C(OCc1ccccc1)N1CCC(c2cccnn2)CC1. The van der Waals surface area contributed by atoms with E-state index in [1.807, 2.05) is 42.5 Å². The fourth-order valence-electron chi connectivity index (χ4n) is 2.70. The zero-order chi connectivity index (χ0) is 15.2. The van der Waals surface area contributed by atoms with Crippen LogP contribution in [0.5, 0.6) is 0 Å². The van der Waals surface area contributed by atoms with E-state index in [0.717, 1.165) is 24.1 Å². The van der Waals surface area contributed by atoms with Crippen molar-refractivity contribution in [3.8, 4) is 0 Å². The van der Waals surface area contributed by atoms with Gasteiger partial charge in [0.2, 0.25) is 0 Å². The number of nitrogens with zero attached hydrogens (tertiary/aromatic N) is 3. The van der Waals surface area contributed by atoms with Gasteiger partial charge in [-0.05, 0) is 30.5 Å². The van der Waals surface area contributed by atoms with E-state index < -0.39 is 0 Å². The van der Waals surface area contributed by atoms with Crippen LogP contribution >= 0.6 is 0 Å². The summed E-state index contributed by atoms with van der Waals surface area (Å²) in [6.07, 6.45) is 3.25. The van der Waals surface area contributed by atoms with E-state index >= 15 is 0 Å². The van der Waals surface area contributed by atoms with Crippen molar-refractivity contribution in [3.63, 3.8) is 0 Å². The summed E-state index contributed by atoms with van der Waals surface area (Å²) in [5.41, 5.74) is 2.02. The van der Waals surface area contributed by atoms with E-state index in [1.165, 1.54) is 0 Å². The van der Waals surface area contributed by atoms with E-state index in [2.05, 4.69) is 10.2 Å². The quantitative estimate of drug-likeness (QED) is 0.874. The second-order valence-corrected chi connectivity index (χ2v) is 5.45. The zero-order valence-corrected chi connectivity index (χ0v) is 12.4. The summed E-state index contributed by atoms with van der Waals surface area (Å²) < 4.78 is 5.37. The van der Waals surface area contributed by atoms with Crippen LogP contribution in [0.25, 0.3) is 0 Å². The maximum absolute atomic E-state index is 12.1. The number of rotatable bonds is 3. The van der Waals surface area contributed by atoms with Crippen molar-refractivity contribution >= 4 is 6.09 Å². The van der Waals surface area contributed by atoms with Gasteiger partial charge in [-0.15, -0.1) is 0 Å². The van der Waals surface area contributed by atoms with Gasteiger partial charge in [0, 0.05) is 25.2 Å². The highest BCUT2D eigenvalue weighted by molar-refractivity contribution is 5.67. The third-order valence-corrected chi connectivity index (χ3v) is 3.97. The number of hydrogen-bond acceptors (Lipinski definition) is 4. The van der Waals surface area contributed by atoms with Crippen LogP contribution in [0.2, 0.25) is 0 Å². The Bertz CT molecular complexity index is 596. The molecule has 5 nitrogen and oxygen atoms in total. The van der Waals surface area contributed by atoms with Crippen LogP contribution < -0.4 is 0 Å². The molecule has 2 aromatic rings. The molecule has 1 aliphatic heterocycles. The highest BCUT2D eigenvalue weighted by atomic mass is 16.6. The van der Waals surface area contributed by atoms with Gasteiger partial charge in [-0.2, -0.15) is 10.2 Å². The maximum Gasteiger partial charge on any atom is 0.410 e. The monoisotopic (exact) mass is 297 g/mol. The summed E-state index contributed by atoms with van der Waals surface area (Å²) >= 11 is 0. The Morgan fingerprint density at radius 2 is 1.91 bits per heavy atom. The van der Waals surface area contributed by atoms with Gasteiger partial charge in [-0.25, -0.2) is 4.79 Å². The van der Waals surface area contributed by atoms with Gasteiger partial charge in [-0.3, -0.25) is 0 Å². The van der Waals surface area contributed by atoms with Crippen molar-refractivity contribution in [1.29, 1.82) is 0 Å². The van der Waals surface area contributed by atoms with Crippen LogP contribution in [0.1, 0.15) is 30.0 Å². The van der Waals surface area contributed by atoms with Crippen molar-refractivity contribution in [2.75, 3.05) is 13.1 Å². The third kappa shape index (κ3) is 3.61. The normalized spacial score (nSPS) is 15.5. The highest BCUT2D eigenvalue weighted by Crippen LogP contribution is 2.26. The van der Waals surface area contributed by atoms with Gasteiger partial charge in [0.05, 0.1) is 5.69 Å². The molecule has 0 radical (unpaired) electrons. The number of likely N-dealkylation sites (tertiary alicyclic amines) is 1. The first kappa shape index (κ1) is 14.5. The van der Waals surface area contributed by atoms with Crippen LogP contribution in [0.4, 0.5) is 4.79 Å². The molecule has 0 atom stereocenters. The van der Waals surface area contributed by atoms with Crippen LogP contribution in [0, 0.1) is 0 Å². The lowest BCUT2D eigenvalue weighted by Crippen LogP contribution is -2.38. The lowest BCUT2D eigenvalue weighted by molar-refractivity contribution is 0.0868. The molecule has 22 heavy (non-hydrogen) atoms. The molecule has 3 rings (SSSR count). The topological polar surface area (TPSA) is 55.3 Å². The van der Waals surface area contributed by atoms with Gasteiger partial charge in [-0.1, -0.05) is 30.3 Å². The van der Waals surface area contributed by atoms with Gasteiger partial charge in [0.1, 0.15) is 6.61 Å². The molecule has 0 bridgehead atoms. The molecule has 1 aliphatic rings. The van der Waals surface area contributed by atoms with Gasteiger partial charge in [0.15, 0.2) is 0 Å². The Labute approximate surface area is 129 Å². The van der Waals surface area contributed by atoms with Crippen LogP contribution in [-0.4, -0.2) is 34.3 Å². The molecule has 1 amide bonds. The molecule has 1 aromatic heterocycles. The molecule has 1 saturated heterocycles. The predicted octanol–water partition coefficient (Wildman–Crippen LogP) is 2.99. The second-order valence-electron chi connectivity index (χ2n) is 5.45. The first-order chi connectivity index (χ1) is 10.8. The van der Waals surface area contributed by atoms with Crippen molar-refractivity contribution in [2.24, 2.45) is 0 Å². The molecule has 1 aromatic carbocycles. The summed E-state index contributed by atoms with van der Waals surface area (Å²) in [7, 11) is 0. The number of aromatic nitrogens is 2. The summed E-state index contributed by atoms with van der Waals surface area (Å²) in [6, 6.07) is 13.6. The summed E-state index contributed by atoms with van der Waals surface area (Å²) in [5.74, 6) is 0.381. The first-order valence-electron chi connectivity index (χ1n) is 7.56. The second kappa shape index (κ2) is 7.02. The Hall–Kier alpha value is -2.43. The Balaban J connectivity index is 1.48. The Morgan fingerprint density at radius 1 is 1.14 bits per heavy atom. The molecule has 2 heterocycles. The molecule has 1 fully saturated rings. The average Bonchev–Trinajstić information content (AvgIpc) is 2.61. The third-order valence-electron chi connectivity index (χ3n) is 3.97. The molecule has 0 spiro atoms. The zero-order valence-electron chi connectivity index (χ0n) is 12.4. The van der Waals surface area contributed by atoms with Gasteiger partial charge >= 0.3 is 6.09 Å². The fraction of sp³-hybridized carbons (Fsp3) is 0.353. The molecule has 5 heteroatoms. The van der Waals surface area contributed by atoms with E-state index in [9.17, 15) is 4.79 Å². The number of hydrogen-bond donors (Lipinski definition) is 0. The largest absolute Gasteiger partial charge is 0.445 e. The van der Waals surface area contributed by atoms with E-state index in [1.54, 1.807) is 11.1 Å². The smallest absolute Gasteiger partial charge is 0.410 e. The first-order valence-corrected chi connectivity index (χ1v) is 7.56. The number of carbonyl (C=O) groups is 1. The van der Waals surface area contributed by atoms with Crippen molar-refractivity contribution in [1.82, 2.24) is 15.1 Å². The van der Waals surface area contributed by atoms with Gasteiger partial charge < -0.3 is 9.64 Å². The fourth-order valence-corrected chi connectivity index (χ4v) is 2.70. The number of benzene rings is 1. The minimum atomic E-state index is -0.235. The molecule has 0 N–H and O–H groups in total. The van der Waals surface area contributed by atoms with Crippen molar-refractivity contribution in [2.45, 2.75) is 25.4 Å². The van der Waals surface area contributed by atoms with Gasteiger partial charge in [0.25, 0.3) is 0 Å². The Morgan fingerprint density at radius 3 is 2.59 bits per heavy atom. The minimum absolute atomic E-state index is 0.235. The van der Waals surface area contributed by atoms with Crippen molar-refractivity contribution in [3.05, 3.63) is 59.9 Å². The minimum Gasteiger partial charge on any atom is -0.445 e. The summed E-state index contributed by atoms with van der Waals surface area (Å²) in [6.45, 7) is 1.73. The number of ether oxygens (including phenoxy) is 1. The average molecular weight is 297 g/mol. The molecule has 0 saturated carbocycles. The number of carbonyl (C=O) groups excluding carboxylic acids is 1. The standard InChI is InChI=1S/C17H19N3O2/c21-17(22-13-14-5-2-1-3-6-14)20-11-8-15(9-12-20)16-7-4-10-18-19-16/h1-7,10,15H,8-9,11-13H2. The van der Waals surface area contributed by atoms with E-state index in [-0.39, 0.29) is 6.09 Å². The summed E-state index contributed by atoms with van der Waals surface area (Å²) in [5, 5.41) is 8.09. The summed E-state index contributed by atoms with van der Waals surface area (Å²) in [4.78, 5) is 13.9. The number of amides is 1. The molecule has 0 aliphatic carbocycles. The Kier molecular flexibility index (Phi) is 4.63. The molecule has 114 valence electrons. The van der Waals surface area contributed by atoms with Crippen molar-refractivity contribution < 1.29 is 9.53 Å². The maximum atomic E-state index is 12.1. The lowest BCUT2D eigenvalue weighted by Gasteiger charge is -2.30. The molecule has 0 unspecified atom stereocenters. The molecular weight excluding hydrogens is 278 g/mol. The van der Waals surface area contributed by atoms with Crippen LogP contribution in [0.15, 0.2) is 48.7 Å². The predicted molar refractivity (Wildman–Crippen MR) is 82.2 cm³/mol. The van der Waals surface area contributed by atoms with Crippen LogP contribution in [0.3, 0.4) is 0 Å².